The van der Waals surface area contributed by atoms with Crippen LogP contribution in [0.5, 0.6) is 0 Å². The third-order valence-electron chi connectivity index (χ3n) is 3.28. The van der Waals surface area contributed by atoms with Gasteiger partial charge in [0.1, 0.15) is 16.8 Å². The summed E-state index contributed by atoms with van der Waals surface area (Å²) in [5.41, 5.74) is 2.23. The molecule has 106 valence electrons. The number of hydrogen-bond acceptors (Lipinski definition) is 2. The molecular formula is C16H11ClF2N2. The lowest BCUT2D eigenvalue weighted by molar-refractivity contribution is 0.587. The summed E-state index contributed by atoms with van der Waals surface area (Å²) in [5, 5.41) is 0.887. The van der Waals surface area contributed by atoms with Crippen LogP contribution in [0.25, 0.3) is 22.3 Å². The highest BCUT2D eigenvalue weighted by Gasteiger charge is 2.17. The standard InChI is InChI=1S/C16H11ClF2N2/c1-8-6-9(2)13-12(7-8)20-16(21-15(13)17)14-10(18)4-3-5-11(14)19/h3-7H,1-2H3. The number of rotatable bonds is 1. The molecule has 0 saturated heterocycles. The van der Waals surface area contributed by atoms with Crippen molar-refractivity contribution < 1.29 is 8.78 Å². The molecule has 21 heavy (non-hydrogen) atoms. The molecule has 1 aromatic heterocycles. The normalized spacial score (nSPS) is 11.1. The quantitative estimate of drug-likeness (QED) is 0.601. The fourth-order valence-electron chi connectivity index (χ4n) is 2.41. The number of benzene rings is 2. The third-order valence-corrected chi connectivity index (χ3v) is 3.56. The number of fused-ring (bicyclic) bond motifs is 1. The largest absolute Gasteiger partial charge is 0.228 e. The van der Waals surface area contributed by atoms with E-state index in [0.29, 0.717) is 10.9 Å². The third kappa shape index (κ3) is 2.36. The van der Waals surface area contributed by atoms with Crippen LogP contribution < -0.4 is 0 Å². The summed E-state index contributed by atoms with van der Waals surface area (Å²) in [6, 6.07) is 7.41. The maximum absolute atomic E-state index is 13.9. The van der Waals surface area contributed by atoms with Crippen molar-refractivity contribution in [1.29, 1.82) is 0 Å². The van der Waals surface area contributed by atoms with Gasteiger partial charge >= 0.3 is 0 Å². The Labute approximate surface area is 125 Å². The minimum Gasteiger partial charge on any atom is -0.228 e. The van der Waals surface area contributed by atoms with E-state index in [9.17, 15) is 8.78 Å². The Hall–Kier alpha value is -2.07. The molecule has 0 fully saturated rings. The van der Waals surface area contributed by atoms with Crippen molar-refractivity contribution in [2.24, 2.45) is 0 Å². The minimum atomic E-state index is -0.713. The van der Waals surface area contributed by atoms with E-state index >= 15 is 0 Å². The molecular weight excluding hydrogens is 294 g/mol. The van der Waals surface area contributed by atoms with Crippen LogP contribution in [-0.2, 0) is 0 Å². The van der Waals surface area contributed by atoms with E-state index in [1.165, 1.54) is 18.2 Å². The van der Waals surface area contributed by atoms with Gasteiger partial charge in [0.2, 0.25) is 0 Å². The van der Waals surface area contributed by atoms with Crippen LogP contribution >= 0.6 is 11.6 Å². The molecule has 3 rings (SSSR count). The van der Waals surface area contributed by atoms with Crippen molar-refractivity contribution in [1.82, 2.24) is 9.97 Å². The Kier molecular flexibility index (Phi) is 3.33. The molecule has 0 spiro atoms. The Morgan fingerprint density at radius 2 is 1.67 bits per heavy atom. The van der Waals surface area contributed by atoms with Crippen molar-refractivity contribution in [2.75, 3.05) is 0 Å². The van der Waals surface area contributed by atoms with Crippen molar-refractivity contribution in [3.63, 3.8) is 0 Å². The van der Waals surface area contributed by atoms with Crippen LogP contribution in [-0.4, -0.2) is 9.97 Å². The molecule has 0 N–H and O–H groups in total. The van der Waals surface area contributed by atoms with Crippen molar-refractivity contribution in [3.8, 4) is 11.4 Å². The van der Waals surface area contributed by atoms with Gasteiger partial charge in [-0.1, -0.05) is 23.7 Å². The Morgan fingerprint density at radius 3 is 2.33 bits per heavy atom. The van der Waals surface area contributed by atoms with Gasteiger partial charge in [0.25, 0.3) is 0 Å². The van der Waals surface area contributed by atoms with E-state index in [1.807, 2.05) is 26.0 Å². The van der Waals surface area contributed by atoms with E-state index in [1.54, 1.807) is 0 Å². The molecule has 0 aliphatic carbocycles. The summed E-state index contributed by atoms with van der Waals surface area (Å²) in [7, 11) is 0. The van der Waals surface area contributed by atoms with Crippen LogP contribution in [0.3, 0.4) is 0 Å². The number of halogens is 3. The van der Waals surface area contributed by atoms with Gasteiger partial charge in [-0.25, -0.2) is 18.7 Å². The maximum atomic E-state index is 13.9. The van der Waals surface area contributed by atoms with E-state index in [2.05, 4.69) is 9.97 Å². The highest BCUT2D eigenvalue weighted by molar-refractivity contribution is 6.34. The van der Waals surface area contributed by atoms with Gasteiger partial charge in [0, 0.05) is 5.39 Å². The fourth-order valence-corrected chi connectivity index (χ4v) is 2.74. The first kappa shape index (κ1) is 13.9. The minimum absolute atomic E-state index is 0.0481. The van der Waals surface area contributed by atoms with Crippen LogP contribution in [0.4, 0.5) is 8.78 Å². The zero-order chi connectivity index (χ0) is 15.1. The molecule has 0 bridgehead atoms. The summed E-state index contributed by atoms with van der Waals surface area (Å²) in [6.45, 7) is 3.82. The van der Waals surface area contributed by atoms with Gasteiger partial charge in [0.15, 0.2) is 5.82 Å². The van der Waals surface area contributed by atoms with E-state index in [4.69, 9.17) is 11.6 Å². The first-order valence-electron chi connectivity index (χ1n) is 6.36. The molecule has 5 heteroatoms. The average Bonchev–Trinajstić information content (AvgIpc) is 2.36. The maximum Gasteiger partial charge on any atom is 0.167 e. The Balaban J connectivity index is 2.36. The fraction of sp³-hybridized carbons (Fsp3) is 0.125. The lowest BCUT2D eigenvalue weighted by Crippen LogP contribution is -1.98. The predicted molar refractivity (Wildman–Crippen MR) is 79.4 cm³/mol. The molecule has 3 aromatic rings. The van der Waals surface area contributed by atoms with Gasteiger partial charge in [0.05, 0.1) is 11.1 Å². The van der Waals surface area contributed by atoms with Gasteiger partial charge in [-0.05, 0) is 43.2 Å². The summed E-state index contributed by atoms with van der Waals surface area (Å²) >= 11 is 6.18. The first-order valence-corrected chi connectivity index (χ1v) is 6.74. The summed E-state index contributed by atoms with van der Waals surface area (Å²) in [6.07, 6.45) is 0. The van der Waals surface area contributed by atoms with E-state index < -0.39 is 11.6 Å². The summed E-state index contributed by atoms with van der Waals surface area (Å²) < 4.78 is 27.7. The van der Waals surface area contributed by atoms with E-state index in [-0.39, 0.29) is 16.5 Å². The topological polar surface area (TPSA) is 25.8 Å². The number of nitrogens with zero attached hydrogens (tertiary/aromatic N) is 2. The van der Waals surface area contributed by atoms with Crippen molar-refractivity contribution >= 4 is 22.5 Å². The second-order valence-corrected chi connectivity index (χ2v) is 5.27. The molecule has 2 nitrogen and oxygen atoms in total. The number of hydrogen-bond donors (Lipinski definition) is 0. The average molecular weight is 305 g/mol. The highest BCUT2D eigenvalue weighted by Crippen LogP contribution is 2.30. The monoisotopic (exact) mass is 304 g/mol. The number of aryl methyl sites for hydroxylation is 2. The second-order valence-electron chi connectivity index (χ2n) is 4.91. The summed E-state index contributed by atoms with van der Waals surface area (Å²) in [5.74, 6) is -1.47. The lowest BCUT2D eigenvalue weighted by atomic mass is 10.1. The van der Waals surface area contributed by atoms with Gasteiger partial charge in [-0.2, -0.15) is 0 Å². The van der Waals surface area contributed by atoms with E-state index in [0.717, 1.165) is 11.1 Å². The zero-order valence-electron chi connectivity index (χ0n) is 11.4. The smallest absolute Gasteiger partial charge is 0.167 e. The van der Waals surface area contributed by atoms with Crippen molar-refractivity contribution in [2.45, 2.75) is 13.8 Å². The van der Waals surface area contributed by atoms with Gasteiger partial charge in [-0.3, -0.25) is 0 Å². The molecule has 0 atom stereocenters. The van der Waals surface area contributed by atoms with Crippen molar-refractivity contribution in [3.05, 3.63) is 58.2 Å². The summed E-state index contributed by atoms with van der Waals surface area (Å²) in [4.78, 5) is 8.33. The van der Waals surface area contributed by atoms with Crippen LogP contribution in [0.15, 0.2) is 30.3 Å². The molecule has 1 heterocycles. The zero-order valence-corrected chi connectivity index (χ0v) is 12.2. The molecule has 0 unspecified atom stereocenters. The predicted octanol–water partition coefficient (Wildman–Crippen LogP) is 4.85. The Bertz CT molecular complexity index is 842. The van der Waals surface area contributed by atoms with Crippen LogP contribution in [0, 0.1) is 25.5 Å². The molecule has 0 aliphatic heterocycles. The SMILES string of the molecule is Cc1cc(C)c2c(Cl)nc(-c3c(F)cccc3F)nc2c1. The van der Waals surface area contributed by atoms with Gasteiger partial charge < -0.3 is 0 Å². The molecule has 0 radical (unpaired) electrons. The molecule has 2 aromatic carbocycles. The molecule has 0 saturated carbocycles. The van der Waals surface area contributed by atoms with Crippen LogP contribution in [0.2, 0.25) is 5.15 Å². The first-order chi connectivity index (χ1) is 9.97. The Morgan fingerprint density at radius 1 is 1.00 bits per heavy atom. The highest BCUT2D eigenvalue weighted by atomic mass is 35.5. The molecule has 0 amide bonds. The number of aromatic nitrogens is 2. The lowest BCUT2D eigenvalue weighted by Gasteiger charge is -2.09. The van der Waals surface area contributed by atoms with Crippen LogP contribution in [0.1, 0.15) is 11.1 Å². The molecule has 0 aliphatic rings. The second kappa shape index (κ2) is 5.04. The van der Waals surface area contributed by atoms with Gasteiger partial charge in [-0.15, -0.1) is 0 Å².